The number of urea groups is 1. The van der Waals surface area contributed by atoms with Crippen molar-refractivity contribution in [3.63, 3.8) is 0 Å². The molecule has 0 spiro atoms. The molecule has 9 heteroatoms. The summed E-state index contributed by atoms with van der Waals surface area (Å²) in [7, 11) is 1.25. The van der Waals surface area contributed by atoms with Crippen molar-refractivity contribution < 1.29 is 19.1 Å². The predicted octanol–water partition coefficient (Wildman–Crippen LogP) is 1.48. The topological polar surface area (TPSA) is 91.9 Å². The number of methoxy groups -OCH3 is 1. The summed E-state index contributed by atoms with van der Waals surface area (Å²) in [6, 6.07) is 6.77. The summed E-state index contributed by atoms with van der Waals surface area (Å²) in [5, 5.41) is 8.16. The molecule has 120 valence electrons. The summed E-state index contributed by atoms with van der Waals surface area (Å²) < 4.78 is 9.68. The largest absolute Gasteiger partial charge is 0.453 e. The van der Waals surface area contributed by atoms with E-state index in [1.807, 2.05) is 6.07 Å². The number of para-hydroxylation sites is 2. The summed E-state index contributed by atoms with van der Waals surface area (Å²) in [5.41, 5.74) is 1.36. The lowest BCUT2D eigenvalue weighted by atomic mass is 10.3. The number of carbonyl (C=O) groups excluding carboxylic acids is 2. The predicted molar refractivity (Wildman–Crippen MR) is 81.9 cm³/mol. The van der Waals surface area contributed by atoms with E-state index < -0.39 is 18.4 Å². The van der Waals surface area contributed by atoms with Crippen LogP contribution in [0.25, 0.3) is 0 Å². The molecule has 1 aliphatic heterocycles. The monoisotopic (exact) mass is 328 g/mol. The van der Waals surface area contributed by atoms with Gasteiger partial charge in [0.15, 0.2) is 6.29 Å². The van der Waals surface area contributed by atoms with Gasteiger partial charge in [-0.25, -0.2) is 9.59 Å². The van der Waals surface area contributed by atoms with Gasteiger partial charge in [-0.3, -0.25) is 10.2 Å². The van der Waals surface area contributed by atoms with E-state index in [-0.39, 0.29) is 6.73 Å². The highest BCUT2D eigenvalue weighted by Gasteiger charge is 2.34. The first-order valence-electron chi connectivity index (χ1n) is 6.58. The maximum absolute atomic E-state index is 12.3. The molecule has 3 N–H and O–H groups in total. The molecule has 1 aromatic rings. The molecule has 1 heterocycles. The molecule has 2 rings (SSSR count). The molecule has 0 aliphatic carbocycles. The number of benzene rings is 1. The van der Waals surface area contributed by atoms with Crippen LogP contribution in [0.4, 0.5) is 21.0 Å². The lowest BCUT2D eigenvalue weighted by Gasteiger charge is -2.25. The Hall–Kier alpha value is -2.19. The molecule has 22 heavy (non-hydrogen) atoms. The number of fused-ring (bicyclic) bond motifs is 1. The third-order valence-electron chi connectivity index (χ3n) is 2.92. The molecule has 0 bridgehead atoms. The van der Waals surface area contributed by atoms with Crippen LogP contribution in [0, 0.1) is 0 Å². The van der Waals surface area contributed by atoms with Crippen LogP contribution in [0.1, 0.15) is 0 Å². The van der Waals surface area contributed by atoms with Crippen molar-refractivity contribution in [2.75, 3.05) is 36.5 Å². The Morgan fingerprint density at radius 1 is 1.41 bits per heavy atom. The number of nitrogens with zero attached hydrogens (tertiary/aromatic N) is 1. The van der Waals surface area contributed by atoms with Crippen LogP contribution in [0.5, 0.6) is 0 Å². The Balaban J connectivity index is 2.08. The van der Waals surface area contributed by atoms with E-state index in [0.29, 0.717) is 18.2 Å². The number of ether oxygens (including phenoxy) is 2. The van der Waals surface area contributed by atoms with Crippen LogP contribution in [-0.2, 0) is 9.47 Å². The number of anilines is 2. The van der Waals surface area contributed by atoms with Crippen molar-refractivity contribution in [2.45, 2.75) is 6.29 Å². The molecule has 1 unspecified atom stereocenters. The minimum absolute atomic E-state index is 0.0230. The molecular formula is C13H17ClN4O4. The molecule has 0 saturated carbocycles. The van der Waals surface area contributed by atoms with Crippen molar-refractivity contribution in [1.82, 2.24) is 10.6 Å². The van der Waals surface area contributed by atoms with E-state index in [1.165, 1.54) is 12.0 Å². The van der Waals surface area contributed by atoms with Crippen molar-refractivity contribution in [3.05, 3.63) is 24.3 Å². The van der Waals surface area contributed by atoms with Crippen LogP contribution in [-0.4, -0.2) is 44.7 Å². The van der Waals surface area contributed by atoms with Gasteiger partial charge in [-0.15, -0.1) is 11.6 Å². The Bertz CT molecular complexity index is 543. The van der Waals surface area contributed by atoms with Gasteiger partial charge >= 0.3 is 12.1 Å². The average molecular weight is 329 g/mol. The van der Waals surface area contributed by atoms with E-state index in [1.54, 1.807) is 18.2 Å². The number of alkyl carbamates (subject to hydrolysis) is 1. The smallest absolute Gasteiger partial charge is 0.409 e. The molecule has 1 aliphatic rings. The molecule has 1 aromatic carbocycles. The number of amides is 3. The van der Waals surface area contributed by atoms with Gasteiger partial charge in [0.25, 0.3) is 0 Å². The Morgan fingerprint density at radius 3 is 2.91 bits per heavy atom. The zero-order valence-electron chi connectivity index (χ0n) is 12.0. The summed E-state index contributed by atoms with van der Waals surface area (Å²) in [5.74, 6) is 0.344. The molecule has 1 atom stereocenters. The van der Waals surface area contributed by atoms with E-state index in [2.05, 4.69) is 20.7 Å². The Morgan fingerprint density at radius 2 is 2.18 bits per heavy atom. The van der Waals surface area contributed by atoms with Gasteiger partial charge in [0, 0.05) is 5.88 Å². The highest BCUT2D eigenvalue weighted by Crippen LogP contribution is 2.33. The molecular weight excluding hydrogens is 312 g/mol. The van der Waals surface area contributed by atoms with E-state index in [0.717, 1.165) is 5.69 Å². The van der Waals surface area contributed by atoms with Gasteiger partial charge < -0.3 is 20.1 Å². The van der Waals surface area contributed by atoms with Gasteiger partial charge in [0.2, 0.25) is 0 Å². The minimum atomic E-state index is -0.752. The van der Waals surface area contributed by atoms with Crippen molar-refractivity contribution in [2.24, 2.45) is 0 Å². The number of carbonyl (C=O) groups is 2. The van der Waals surface area contributed by atoms with Crippen molar-refractivity contribution in [3.8, 4) is 0 Å². The highest BCUT2D eigenvalue weighted by molar-refractivity contribution is 6.17. The van der Waals surface area contributed by atoms with E-state index in [9.17, 15) is 9.59 Å². The average Bonchev–Trinajstić information content (AvgIpc) is 2.89. The van der Waals surface area contributed by atoms with Gasteiger partial charge in [0.05, 0.1) is 25.1 Å². The van der Waals surface area contributed by atoms with E-state index >= 15 is 0 Å². The van der Waals surface area contributed by atoms with Crippen LogP contribution in [0.15, 0.2) is 24.3 Å². The number of hydrogen-bond donors (Lipinski definition) is 3. The normalized spacial score (nSPS) is 15.7. The fraction of sp³-hybridized carbons (Fsp3) is 0.385. The summed E-state index contributed by atoms with van der Waals surface area (Å²) in [4.78, 5) is 25.1. The van der Waals surface area contributed by atoms with Crippen LogP contribution >= 0.6 is 11.6 Å². The third-order valence-corrected chi connectivity index (χ3v) is 3.07. The van der Waals surface area contributed by atoms with Crippen molar-refractivity contribution in [1.29, 1.82) is 0 Å². The second-order valence-corrected chi connectivity index (χ2v) is 4.67. The first-order chi connectivity index (χ1) is 10.7. The Labute approximate surface area is 132 Å². The number of hydrogen-bond acceptors (Lipinski definition) is 5. The number of rotatable bonds is 5. The fourth-order valence-electron chi connectivity index (χ4n) is 1.98. The van der Waals surface area contributed by atoms with Crippen LogP contribution in [0.2, 0.25) is 0 Å². The minimum Gasteiger partial charge on any atom is -0.453 e. The maximum atomic E-state index is 12.3. The summed E-state index contributed by atoms with van der Waals surface area (Å²) in [6.45, 7) is 0.357. The van der Waals surface area contributed by atoms with Gasteiger partial charge in [-0.2, -0.15) is 0 Å². The first kappa shape index (κ1) is 16.2. The number of halogens is 1. The zero-order valence-corrected chi connectivity index (χ0v) is 12.7. The number of nitrogens with one attached hydrogen (secondary N) is 3. The highest BCUT2D eigenvalue weighted by atomic mass is 35.5. The standard InChI is InChI=1S/C13H17ClN4O4/c1-21-13(20)17-11-16-9-4-2-3-5-10(9)18(11)12(19)15-8-22-7-6-14/h2-5,11,16H,6-8H2,1H3,(H,15,19)(H,17,20). The first-order valence-corrected chi connectivity index (χ1v) is 7.11. The quantitative estimate of drug-likeness (QED) is 0.432. The second-order valence-electron chi connectivity index (χ2n) is 4.29. The molecule has 0 saturated heterocycles. The molecule has 3 amide bonds. The van der Waals surface area contributed by atoms with Crippen LogP contribution < -0.4 is 20.9 Å². The lowest BCUT2D eigenvalue weighted by molar-refractivity contribution is 0.134. The molecule has 0 fully saturated rings. The van der Waals surface area contributed by atoms with Crippen molar-refractivity contribution >= 4 is 35.1 Å². The molecule has 8 nitrogen and oxygen atoms in total. The number of alkyl halides is 1. The van der Waals surface area contributed by atoms with E-state index in [4.69, 9.17) is 16.3 Å². The van der Waals surface area contributed by atoms with Gasteiger partial charge in [0.1, 0.15) is 6.73 Å². The molecule has 0 aromatic heterocycles. The second kappa shape index (κ2) is 7.71. The Kier molecular flexibility index (Phi) is 5.68. The van der Waals surface area contributed by atoms with Gasteiger partial charge in [-0.1, -0.05) is 12.1 Å². The van der Waals surface area contributed by atoms with Gasteiger partial charge in [-0.05, 0) is 12.1 Å². The SMILES string of the molecule is COC(=O)NC1Nc2ccccc2N1C(=O)NCOCCCl. The lowest BCUT2D eigenvalue weighted by Crippen LogP contribution is -2.55. The maximum Gasteiger partial charge on any atom is 0.409 e. The zero-order chi connectivity index (χ0) is 15.9. The van der Waals surface area contributed by atoms with Crippen LogP contribution in [0.3, 0.4) is 0 Å². The summed E-state index contributed by atoms with van der Waals surface area (Å²) in [6.07, 6.45) is -1.40. The fourth-order valence-corrected chi connectivity index (χ4v) is 2.09. The molecule has 0 radical (unpaired) electrons. The third kappa shape index (κ3) is 3.71. The summed E-state index contributed by atoms with van der Waals surface area (Å²) >= 11 is 5.49.